The number of para-hydroxylation sites is 2. The van der Waals surface area contributed by atoms with E-state index in [1.54, 1.807) is 36.5 Å². The summed E-state index contributed by atoms with van der Waals surface area (Å²) in [6.07, 6.45) is 4.68. The van der Waals surface area contributed by atoms with Crippen LogP contribution in [0.2, 0.25) is 0 Å². The molecular formula is C14H13N5O2. The minimum atomic E-state index is -0.320. The smallest absolute Gasteiger partial charge is 0.277 e. The van der Waals surface area contributed by atoms with Crippen LogP contribution >= 0.6 is 0 Å². The molecule has 3 rings (SSSR count). The summed E-state index contributed by atoms with van der Waals surface area (Å²) < 4.78 is 2.79. The Balaban J connectivity index is 1.82. The number of amides is 1. The third-order valence-corrected chi connectivity index (χ3v) is 3.09. The molecule has 0 saturated carbocycles. The molecular weight excluding hydrogens is 270 g/mol. The van der Waals surface area contributed by atoms with E-state index >= 15 is 0 Å². The summed E-state index contributed by atoms with van der Waals surface area (Å²) in [4.78, 5) is 24.2. The van der Waals surface area contributed by atoms with Crippen molar-refractivity contribution in [2.45, 2.75) is 6.54 Å². The monoisotopic (exact) mass is 283 g/mol. The van der Waals surface area contributed by atoms with Crippen LogP contribution in [0.5, 0.6) is 0 Å². The van der Waals surface area contributed by atoms with Crippen LogP contribution in [0.4, 0.5) is 11.4 Å². The Hall–Kier alpha value is -3.09. The number of hydrogen-bond donors (Lipinski definition) is 2. The van der Waals surface area contributed by atoms with Crippen molar-refractivity contribution in [3.8, 4) is 0 Å². The molecule has 0 fully saturated rings. The van der Waals surface area contributed by atoms with E-state index in [-0.39, 0.29) is 18.0 Å². The van der Waals surface area contributed by atoms with Gasteiger partial charge in [0.15, 0.2) is 0 Å². The van der Waals surface area contributed by atoms with Crippen LogP contribution in [0.15, 0.2) is 53.7 Å². The number of carbonyl (C=O) groups excluding carboxylic acids is 1. The lowest BCUT2D eigenvalue weighted by molar-refractivity contribution is -0.116. The van der Waals surface area contributed by atoms with Crippen LogP contribution in [-0.4, -0.2) is 20.1 Å². The molecule has 2 aromatic heterocycles. The number of carbonyl (C=O) groups is 1. The maximum atomic E-state index is 12.1. The molecule has 7 heteroatoms. The van der Waals surface area contributed by atoms with Crippen molar-refractivity contribution in [2.75, 3.05) is 11.1 Å². The minimum absolute atomic E-state index is 0.0884. The fourth-order valence-electron chi connectivity index (χ4n) is 2.04. The standard InChI is InChI=1S/C14H13N5O2/c15-10-3-1-2-4-11(10)17-13(20)9-18-7-8-19-12(14(18)21)5-6-16-19/h1-8H,9,15H2,(H,17,20). The SMILES string of the molecule is Nc1ccccc1NC(=O)Cn1ccn2nccc2c1=O. The van der Waals surface area contributed by atoms with Gasteiger partial charge in [-0.05, 0) is 18.2 Å². The van der Waals surface area contributed by atoms with E-state index < -0.39 is 0 Å². The lowest BCUT2D eigenvalue weighted by Crippen LogP contribution is -2.28. The molecule has 2 heterocycles. The van der Waals surface area contributed by atoms with Gasteiger partial charge in [-0.25, -0.2) is 4.52 Å². The van der Waals surface area contributed by atoms with Gasteiger partial charge < -0.3 is 15.6 Å². The molecule has 1 amide bonds. The molecule has 7 nitrogen and oxygen atoms in total. The van der Waals surface area contributed by atoms with Gasteiger partial charge in [0.1, 0.15) is 12.1 Å². The van der Waals surface area contributed by atoms with Gasteiger partial charge in [0.2, 0.25) is 5.91 Å². The first-order valence-corrected chi connectivity index (χ1v) is 6.32. The second kappa shape index (κ2) is 5.12. The highest BCUT2D eigenvalue weighted by Gasteiger charge is 2.09. The van der Waals surface area contributed by atoms with E-state index in [9.17, 15) is 9.59 Å². The number of nitrogen functional groups attached to an aromatic ring is 1. The molecule has 0 aliphatic carbocycles. The Kier molecular flexibility index (Phi) is 3.15. The number of anilines is 2. The molecule has 3 aromatic rings. The highest BCUT2D eigenvalue weighted by atomic mass is 16.2. The highest BCUT2D eigenvalue weighted by Crippen LogP contribution is 2.16. The van der Waals surface area contributed by atoms with Gasteiger partial charge >= 0.3 is 0 Å². The average molecular weight is 283 g/mol. The lowest BCUT2D eigenvalue weighted by atomic mass is 10.2. The molecule has 0 atom stereocenters. The van der Waals surface area contributed by atoms with E-state index in [1.807, 2.05) is 0 Å². The first-order valence-electron chi connectivity index (χ1n) is 6.32. The summed E-state index contributed by atoms with van der Waals surface area (Å²) in [5, 5.41) is 6.65. The van der Waals surface area contributed by atoms with E-state index in [2.05, 4.69) is 10.4 Å². The van der Waals surface area contributed by atoms with Gasteiger partial charge in [-0.3, -0.25) is 9.59 Å². The van der Waals surface area contributed by atoms with Gasteiger partial charge in [0, 0.05) is 12.4 Å². The predicted octanol–water partition coefficient (Wildman–Crippen LogP) is 0.717. The lowest BCUT2D eigenvalue weighted by Gasteiger charge is -2.09. The third-order valence-electron chi connectivity index (χ3n) is 3.09. The zero-order valence-corrected chi connectivity index (χ0v) is 11.1. The van der Waals surface area contributed by atoms with Crippen LogP contribution in [0.1, 0.15) is 0 Å². The Labute approximate surface area is 119 Å². The first-order chi connectivity index (χ1) is 10.1. The topological polar surface area (TPSA) is 94.4 Å². The summed E-state index contributed by atoms with van der Waals surface area (Å²) in [5.74, 6) is -0.320. The normalized spacial score (nSPS) is 10.7. The highest BCUT2D eigenvalue weighted by molar-refractivity contribution is 5.93. The van der Waals surface area contributed by atoms with Crippen molar-refractivity contribution in [3.05, 3.63) is 59.3 Å². The summed E-state index contributed by atoms with van der Waals surface area (Å²) in [6.45, 7) is -0.0884. The zero-order valence-electron chi connectivity index (χ0n) is 11.1. The largest absolute Gasteiger partial charge is 0.397 e. The first kappa shape index (κ1) is 12.9. The number of rotatable bonds is 3. The Morgan fingerprint density at radius 1 is 1.24 bits per heavy atom. The number of nitrogens with one attached hydrogen (secondary N) is 1. The van der Waals surface area contributed by atoms with Gasteiger partial charge in [0.25, 0.3) is 5.56 Å². The molecule has 1 aromatic carbocycles. The van der Waals surface area contributed by atoms with Crippen LogP contribution in [-0.2, 0) is 11.3 Å². The van der Waals surface area contributed by atoms with Crippen molar-refractivity contribution in [3.63, 3.8) is 0 Å². The summed E-state index contributed by atoms with van der Waals surface area (Å²) in [6, 6.07) is 8.56. The van der Waals surface area contributed by atoms with E-state index in [1.165, 1.54) is 21.5 Å². The molecule has 106 valence electrons. The van der Waals surface area contributed by atoms with Crippen molar-refractivity contribution >= 4 is 22.8 Å². The van der Waals surface area contributed by atoms with Crippen LogP contribution in [0.25, 0.3) is 5.52 Å². The van der Waals surface area contributed by atoms with Crippen LogP contribution in [0, 0.1) is 0 Å². The summed E-state index contributed by atoms with van der Waals surface area (Å²) >= 11 is 0. The Bertz CT molecular complexity index is 865. The molecule has 21 heavy (non-hydrogen) atoms. The number of benzene rings is 1. The summed E-state index contributed by atoms with van der Waals surface area (Å²) in [5.41, 5.74) is 6.91. The second-order valence-electron chi connectivity index (χ2n) is 4.53. The number of nitrogens with two attached hydrogens (primary N) is 1. The average Bonchev–Trinajstić information content (AvgIpc) is 2.94. The molecule has 0 saturated heterocycles. The minimum Gasteiger partial charge on any atom is -0.397 e. The number of hydrogen-bond acceptors (Lipinski definition) is 4. The molecule has 0 radical (unpaired) electrons. The van der Waals surface area contributed by atoms with Crippen LogP contribution < -0.4 is 16.6 Å². The summed E-state index contributed by atoms with van der Waals surface area (Å²) in [7, 11) is 0. The van der Waals surface area contributed by atoms with Gasteiger partial charge in [-0.1, -0.05) is 12.1 Å². The van der Waals surface area contributed by atoms with E-state index in [0.717, 1.165) is 0 Å². The predicted molar refractivity (Wildman–Crippen MR) is 78.9 cm³/mol. The third kappa shape index (κ3) is 2.48. The Morgan fingerprint density at radius 2 is 2.05 bits per heavy atom. The van der Waals surface area contributed by atoms with Crippen molar-refractivity contribution in [1.82, 2.24) is 14.2 Å². The van der Waals surface area contributed by atoms with Crippen molar-refractivity contribution < 1.29 is 4.79 Å². The van der Waals surface area contributed by atoms with Crippen molar-refractivity contribution in [2.24, 2.45) is 0 Å². The molecule has 0 bridgehead atoms. The maximum absolute atomic E-state index is 12.1. The Morgan fingerprint density at radius 3 is 2.86 bits per heavy atom. The van der Waals surface area contributed by atoms with Gasteiger partial charge in [-0.2, -0.15) is 5.10 Å². The molecule has 0 aliphatic rings. The van der Waals surface area contributed by atoms with Crippen LogP contribution in [0.3, 0.4) is 0 Å². The van der Waals surface area contributed by atoms with Gasteiger partial charge in [-0.15, -0.1) is 0 Å². The molecule has 0 aliphatic heterocycles. The molecule has 0 unspecified atom stereocenters. The number of nitrogens with zero attached hydrogens (tertiary/aromatic N) is 3. The fraction of sp³-hybridized carbons (Fsp3) is 0.0714. The molecule has 3 N–H and O–H groups in total. The second-order valence-corrected chi connectivity index (χ2v) is 4.53. The zero-order chi connectivity index (χ0) is 14.8. The van der Waals surface area contributed by atoms with E-state index in [4.69, 9.17) is 5.73 Å². The fourth-order valence-corrected chi connectivity index (χ4v) is 2.04. The van der Waals surface area contributed by atoms with Gasteiger partial charge in [0.05, 0.1) is 17.6 Å². The van der Waals surface area contributed by atoms with Crippen molar-refractivity contribution in [1.29, 1.82) is 0 Å². The molecule has 0 spiro atoms. The number of aromatic nitrogens is 3. The maximum Gasteiger partial charge on any atom is 0.277 e. The quantitative estimate of drug-likeness (QED) is 0.692. The number of fused-ring (bicyclic) bond motifs is 1. The van der Waals surface area contributed by atoms with E-state index in [0.29, 0.717) is 16.9 Å².